The van der Waals surface area contributed by atoms with E-state index in [2.05, 4.69) is 6.07 Å². The van der Waals surface area contributed by atoms with Crippen LogP contribution in [0.25, 0.3) is 0 Å². The van der Waals surface area contributed by atoms with Gasteiger partial charge in [0, 0.05) is 24.9 Å². The second-order valence-electron chi connectivity index (χ2n) is 4.85. The van der Waals surface area contributed by atoms with Crippen LogP contribution >= 0.6 is 0 Å². The Labute approximate surface area is 103 Å². The van der Waals surface area contributed by atoms with Crippen molar-refractivity contribution in [1.82, 2.24) is 4.90 Å². The molecule has 2 N–H and O–H groups in total. The predicted molar refractivity (Wildman–Crippen MR) is 63.7 cm³/mol. The Morgan fingerprint density at radius 3 is 2.29 bits per heavy atom. The van der Waals surface area contributed by atoms with Gasteiger partial charge in [0.1, 0.15) is 0 Å². The van der Waals surface area contributed by atoms with Crippen molar-refractivity contribution in [2.45, 2.75) is 19.8 Å². The van der Waals surface area contributed by atoms with Crippen LogP contribution in [0.4, 0.5) is 0 Å². The molecule has 1 atom stereocenters. The van der Waals surface area contributed by atoms with E-state index >= 15 is 0 Å². The molecule has 0 bridgehead atoms. The molecule has 5 nitrogen and oxygen atoms in total. The van der Waals surface area contributed by atoms with Gasteiger partial charge in [0.05, 0.1) is 31.3 Å². The van der Waals surface area contributed by atoms with Gasteiger partial charge in [-0.2, -0.15) is 10.5 Å². The van der Waals surface area contributed by atoms with Crippen molar-refractivity contribution >= 4 is 0 Å². The third kappa shape index (κ3) is 6.23. The van der Waals surface area contributed by atoms with Crippen molar-refractivity contribution in [2.75, 3.05) is 33.4 Å². The minimum absolute atomic E-state index is 0.0940. The zero-order valence-corrected chi connectivity index (χ0v) is 10.6. The molecule has 0 aromatic rings. The van der Waals surface area contributed by atoms with Crippen LogP contribution in [0.15, 0.2) is 0 Å². The summed E-state index contributed by atoms with van der Waals surface area (Å²) in [6.45, 7) is 2.67. The molecule has 0 spiro atoms. The van der Waals surface area contributed by atoms with Gasteiger partial charge in [0.2, 0.25) is 0 Å². The number of nitrogens with zero attached hydrogens (tertiary/aromatic N) is 3. The molecule has 0 aromatic carbocycles. The summed E-state index contributed by atoms with van der Waals surface area (Å²) in [5.74, 6) is -0.179. The van der Waals surface area contributed by atoms with Crippen molar-refractivity contribution < 1.29 is 10.2 Å². The lowest BCUT2D eigenvalue weighted by atomic mass is 9.92. The molecular weight excluding hydrogens is 218 g/mol. The molecule has 0 radical (unpaired) electrons. The number of rotatable bonds is 8. The van der Waals surface area contributed by atoms with E-state index in [1.165, 1.54) is 0 Å². The maximum absolute atomic E-state index is 9.17. The number of hydrogen-bond acceptors (Lipinski definition) is 5. The molecule has 0 rings (SSSR count). The van der Waals surface area contributed by atoms with Crippen LogP contribution in [-0.2, 0) is 0 Å². The maximum atomic E-state index is 9.17. The van der Waals surface area contributed by atoms with Crippen LogP contribution in [0.2, 0.25) is 0 Å². The summed E-state index contributed by atoms with van der Waals surface area (Å²) in [5, 5.41) is 35.7. The largest absolute Gasteiger partial charge is 0.396 e. The Hall–Kier alpha value is -1.14. The lowest BCUT2D eigenvalue weighted by molar-refractivity contribution is 0.0398. The Kier molecular flexibility index (Phi) is 7.49. The molecule has 0 aromatic heterocycles. The quantitative estimate of drug-likeness (QED) is 0.638. The Morgan fingerprint density at radius 1 is 1.29 bits per heavy atom. The van der Waals surface area contributed by atoms with E-state index in [0.717, 1.165) is 0 Å². The highest BCUT2D eigenvalue weighted by Crippen LogP contribution is 2.17. The van der Waals surface area contributed by atoms with Crippen molar-refractivity contribution in [2.24, 2.45) is 11.3 Å². The molecule has 5 heteroatoms. The van der Waals surface area contributed by atoms with Crippen LogP contribution < -0.4 is 0 Å². The van der Waals surface area contributed by atoms with Crippen LogP contribution in [0.3, 0.4) is 0 Å². The summed E-state index contributed by atoms with van der Waals surface area (Å²) >= 11 is 0. The van der Waals surface area contributed by atoms with E-state index < -0.39 is 5.41 Å². The van der Waals surface area contributed by atoms with Gasteiger partial charge < -0.3 is 15.1 Å². The van der Waals surface area contributed by atoms with E-state index in [1.54, 1.807) is 6.92 Å². The monoisotopic (exact) mass is 239 g/mol. The third-order valence-corrected chi connectivity index (χ3v) is 2.73. The summed E-state index contributed by atoms with van der Waals surface area (Å²) < 4.78 is 0. The van der Waals surface area contributed by atoms with Crippen molar-refractivity contribution in [1.29, 1.82) is 10.5 Å². The topological polar surface area (TPSA) is 91.3 Å². The fraction of sp³-hybridized carbons (Fsp3) is 0.833. The normalized spacial score (nSPS) is 13.1. The SMILES string of the molecule is CN(CC(C#N)CCC#N)CC(C)(CO)CO. The first-order valence-electron chi connectivity index (χ1n) is 5.68. The highest BCUT2D eigenvalue weighted by Gasteiger charge is 2.25. The standard InChI is InChI=1S/C12H21N3O2/c1-12(9-16,10-17)8-15(2)7-11(6-14)4-3-5-13/h11,16-17H,3-4,7-10H2,1-2H3. The van der Waals surface area contributed by atoms with Crippen molar-refractivity contribution in [3.8, 4) is 12.1 Å². The summed E-state index contributed by atoms with van der Waals surface area (Å²) in [6, 6.07) is 4.20. The number of hydrogen-bond donors (Lipinski definition) is 2. The van der Waals surface area contributed by atoms with Crippen LogP contribution in [0.1, 0.15) is 19.8 Å². The molecule has 0 saturated carbocycles. The zero-order chi connectivity index (χ0) is 13.3. The van der Waals surface area contributed by atoms with Crippen LogP contribution in [-0.4, -0.2) is 48.5 Å². The van der Waals surface area contributed by atoms with E-state index in [9.17, 15) is 10.2 Å². The Balaban J connectivity index is 4.20. The lowest BCUT2D eigenvalue weighted by Crippen LogP contribution is -2.40. The molecule has 96 valence electrons. The fourth-order valence-electron chi connectivity index (χ4n) is 1.68. The number of nitriles is 2. The van der Waals surface area contributed by atoms with Crippen LogP contribution in [0.5, 0.6) is 0 Å². The molecular formula is C12H21N3O2. The van der Waals surface area contributed by atoms with Gasteiger partial charge in [-0.05, 0) is 13.5 Å². The Morgan fingerprint density at radius 2 is 1.88 bits per heavy atom. The summed E-state index contributed by atoms with van der Waals surface area (Å²) in [7, 11) is 1.85. The smallest absolute Gasteiger partial charge is 0.0669 e. The third-order valence-electron chi connectivity index (χ3n) is 2.73. The molecule has 0 aliphatic carbocycles. The minimum atomic E-state index is -0.552. The van der Waals surface area contributed by atoms with E-state index in [-0.39, 0.29) is 19.1 Å². The molecule has 0 fully saturated rings. The van der Waals surface area contributed by atoms with Crippen molar-refractivity contribution in [3.05, 3.63) is 0 Å². The second kappa shape index (κ2) is 8.03. The van der Waals surface area contributed by atoms with E-state index in [4.69, 9.17) is 10.5 Å². The zero-order valence-electron chi connectivity index (χ0n) is 10.6. The minimum Gasteiger partial charge on any atom is -0.396 e. The predicted octanol–water partition coefficient (Wildman–Crippen LogP) is 0.353. The molecule has 0 aliphatic rings. The first-order valence-corrected chi connectivity index (χ1v) is 5.68. The average molecular weight is 239 g/mol. The van der Waals surface area contributed by atoms with Gasteiger partial charge in [-0.1, -0.05) is 6.92 Å². The Bertz CT molecular complexity index is 289. The van der Waals surface area contributed by atoms with Gasteiger partial charge in [-0.3, -0.25) is 0 Å². The first kappa shape index (κ1) is 15.9. The second-order valence-corrected chi connectivity index (χ2v) is 4.85. The molecule has 0 heterocycles. The van der Waals surface area contributed by atoms with E-state index in [1.807, 2.05) is 18.0 Å². The summed E-state index contributed by atoms with van der Waals surface area (Å²) in [6.07, 6.45) is 0.940. The fourth-order valence-corrected chi connectivity index (χ4v) is 1.68. The highest BCUT2D eigenvalue weighted by atomic mass is 16.3. The molecule has 0 amide bonds. The first-order chi connectivity index (χ1) is 8.01. The van der Waals surface area contributed by atoms with E-state index in [0.29, 0.717) is 25.9 Å². The molecule has 0 aliphatic heterocycles. The molecule has 17 heavy (non-hydrogen) atoms. The van der Waals surface area contributed by atoms with Gasteiger partial charge in [0.25, 0.3) is 0 Å². The van der Waals surface area contributed by atoms with Gasteiger partial charge >= 0.3 is 0 Å². The van der Waals surface area contributed by atoms with Gasteiger partial charge in [-0.15, -0.1) is 0 Å². The molecule has 0 saturated heterocycles. The van der Waals surface area contributed by atoms with Crippen molar-refractivity contribution in [3.63, 3.8) is 0 Å². The number of aliphatic hydroxyl groups is 2. The summed E-state index contributed by atoms with van der Waals surface area (Å²) in [4.78, 5) is 1.91. The highest BCUT2D eigenvalue weighted by molar-refractivity contribution is 4.88. The lowest BCUT2D eigenvalue weighted by Gasteiger charge is -2.31. The maximum Gasteiger partial charge on any atom is 0.0669 e. The van der Waals surface area contributed by atoms with Crippen LogP contribution in [0, 0.1) is 34.0 Å². The molecule has 1 unspecified atom stereocenters. The summed E-state index contributed by atoms with van der Waals surface area (Å²) in [5.41, 5.74) is -0.552. The van der Waals surface area contributed by atoms with Gasteiger partial charge in [0.15, 0.2) is 0 Å². The average Bonchev–Trinajstić information content (AvgIpc) is 2.34. The number of aliphatic hydroxyl groups excluding tert-OH is 2. The van der Waals surface area contributed by atoms with Gasteiger partial charge in [-0.25, -0.2) is 0 Å².